The highest BCUT2D eigenvalue weighted by Gasteiger charge is 2.45. The van der Waals surface area contributed by atoms with Gasteiger partial charge >= 0.3 is 12.1 Å². The van der Waals surface area contributed by atoms with Crippen molar-refractivity contribution in [2.24, 2.45) is 0 Å². The van der Waals surface area contributed by atoms with Crippen molar-refractivity contribution in [3.63, 3.8) is 0 Å². The van der Waals surface area contributed by atoms with Gasteiger partial charge in [-0.15, -0.1) is 0 Å². The van der Waals surface area contributed by atoms with Crippen molar-refractivity contribution in [3.05, 3.63) is 71.0 Å². The van der Waals surface area contributed by atoms with Gasteiger partial charge in [0.2, 0.25) is 0 Å². The van der Waals surface area contributed by atoms with Crippen molar-refractivity contribution in [2.45, 2.75) is 57.0 Å². The highest BCUT2D eigenvalue weighted by molar-refractivity contribution is 5.76. The molecule has 1 saturated heterocycles. The summed E-state index contributed by atoms with van der Waals surface area (Å²) in [5.41, 5.74) is 0.0919. The number of nitrogens with zero attached hydrogens (tertiary/aromatic N) is 2. The van der Waals surface area contributed by atoms with Crippen LogP contribution in [-0.4, -0.2) is 70.6 Å². The molecule has 2 aliphatic heterocycles. The van der Waals surface area contributed by atoms with E-state index in [1.165, 1.54) is 17.0 Å². The summed E-state index contributed by atoms with van der Waals surface area (Å²) in [4.78, 5) is 28.7. The van der Waals surface area contributed by atoms with E-state index in [-0.39, 0.29) is 31.9 Å². The second kappa shape index (κ2) is 10.0. The van der Waals surface area contributed by atoms with E-state index < -0.39 is 35.5 Å². The first-order chi connectivity index (χ1) is 17.0. The minimum atomic E-state index is -1.95. The van der Waals surface area contributed by atoms with Crippen LogP contribution in [0.4, 0.5) is 18.4 Å². The minimum absolute atomic E-state index is 0.0685. The molecule has 194 valence electrons. The molecule has 2 aromatic carbocycles. The molecule has 0 aliphatic carbocycles. The molecule has 3 amide bonds. The second-order valence-electron chi connectivity index (χ2n) is 10.5. The maximum atomic E-state index is 14.8. The van der Waals surface area contributed by atoms with Crippen LogP contribution in [0.15, 0.2) is 48.5 Å². The third kappa shape index (κ3) is 5.61. The number of ether oxygens (including phenoxy) is 1. The van der Waals surface area contributed by atoms with E-state index in [0.717, 1.165) is 16.7 Å². The monoisotopic (exact) mass is 501 g/mol. The van der Waals surface area contributed by atoms with Gasteiger partial charge in [-0.3, -0.25) is 0 Å². The van der Waals surface area contributed by atoms with Crippen molar-refractivity contribution in [3.8, 4) is 0 Å². The van der Waals surface area contributed by atoms with E-state index in [9.17, 15) is 23.5 Å². The Bertz CT molecular complexity index is 1100. The average Bonchev–Trinajstić information content (AvgIpc) is 2.83. The molecular weight excluding hydrogens is 468 g/mol. The molecule has 7 nitrogen and oxygen atoms in total. The zero-order valence-electron chi connectivity index (χ0n) is 20.8. The number of piperidine rings is 1. The molecular formula is C27H33F2N3O4. The first-order valence-electron chi connectivity index (χ1n) is 12.2. The number of β-amino-alcohol motifs (C(OH)–C–C–N with tert-alkyl or cyclic N) is 1. The fraction of sp³-hybridized carbons (Fsp3) is 0.481. The molecule has 4 rings (SSSR count). The molecule has 0 aromatic heterocycles. The fourth-order valence-electron chi connectivity index (χ4n) is 4.82. The number of rotatable bonds is 3. The highest BCUT2D eigenvalue weighted by atomic mass is 19.1. The summed E-state index contributed by atoms with van der Waals surface area (Å²) in [6, 6.07) is 12.8. The number of likely N-dealkylation sites (tertiary alicyclic amines) is 1. The van der Waals surface area contributed by atoms with Gasteiger partial charge in [-0.05, 0) is 62.4 Å². The van der Waals surface area contributed by atoms with Gasteiger partial charge in [0.1, 0.15) is 23.2 Å². The Hall–Kier alpha value is -3.20. The van der Waals surface area contributed by atoms with Gasteiger partial charge in [-0.25, -0.2) is 18.4 Å². The van der Waals surface area contributed by atoms with Gasteiger partial charge in [0.15, 0.2) is 0 Å². The van der Waals surface area contributed by atoms with Gasteiger partial charge in [0, 0.05) is 13.1 Å². The van der Waals surface area contributed by atoms with Gasteiger partial charge in [0.05, 0.1) is 19.1 Å². The number of nitrogens with one attached hydrogen (secondary N) is 1. The van der Waals surface area contributed by atoms with E-state index in [0.29, 0.717) is 13.0 Å². The maximum Gasteiger partial charge on any atom is 0.410 e. The molecule has 9 heteroatoms. The van der Waals surface area contributed by atoms with E-state index in [1.807, 2.05) is 24.3 Å². The van der Waals surface area contributed by atoms with Crippen LogP contribution >= 0.6 is 0 Å². The zero-order chi connectivity index (χ0) is 26.1. The normalized spacial score (nSPS) is 24.2. The number of halogens is 2. The standard InChI is InChI=1S/C27H33F2N3O4/c1-26(2,3)36-25(34)31-14-13-22(29)27(35,17-31)16-30-24(33)32-15-12-18-6-4-5-7-21(18)23(32)19-8-10-20(28)11-9-19/h4-11,22-23,35H,12-17H2,1-3H3,(H,30,33)/t22?,23-,27?/m0/s1. The number of urea groups is 1. The lowest BCUT2D eigenvalue weighted by Gasteiger charge is -2.42. The molecule has 3 atom stereocenters. The highest BCUT2D eigenvalue weighted by Crippen LogP contribution is 2.35. The molecule has 36 heavy (non-hydrogen) atoms. The topological polar surface area (TPSA) is 82.1 Å². The SMILES string of the molecule is CC(C)(C)OC(=O)N1CCC(F)C(O)(CNC(=O)N2CCc3ccccc3[C@@H]2c2ccc(F)cc2)C1. The van der Waals surface area contributed by atoms with Crippen LogP contribution in [0.5, 0.6) is 0 Å². The van der Waals surface area contributed by atoms with Crippen molar-refractivity contribution in [1.29, 1.82) is 0 Å². The largest absolute Gasteiger partial charge is 0.444 e. The smallest absolute Gasteiger partial charge is 0.410 e. The molecule has 2 heterocycles. The molecule has 2 unspecified atom stereocenters. The minimum Gasteiger partial charge on any atom is -0.444 e. The van der Waals surface area contributed by atoms with E-state index in [4.69, 9.17) is 4.74 Å². The quantitative estimate of drug-likeness (QED) is 0.661. The van der Waals surface area contributed by atoms with Crippen LogP contribution < -0.4 is 5.32 Å². The van der Waals surface area contributed by atoms with Gasteiger partial charge in [-0.2, -0.15) is 0 Å². The number of benzene rings is 2. The molecule has 2 N–H and O–H groups in total. The average molecular weight is 502 g/mol. The molecule has 0 radical (unpaired) electrons. The van der Waals surface area contributed by atoms with Crippen molar-refractivity contribution >= 4 is 12.1 Å². The van der Waals surface area contributed by atoms with Crippen molar-refractivity contribution < 1.29 is 28.2 Å². The second-order valence-corrected chi connectivity index (χ2v) is 10.5. The van der Waals surface area contributed by atoms with Crippen LogP contribution in [-0.2, 0) is 11.2 Å². The Labute approximate surface area is 210 Å². The number of amides is 3. The fourth-order valence-corrected chi connectivity index (χ4v) is 4.82. The molecule has 0 spiro atoms. The number of hydrogen-bond acceptors (Lipinski definition) is 4. The third-order valence-electron chi connectivity index (χ3n) is 6.63. The predicted octanol–water partition coefficient (Wildman–Crippen LogP) is 4.19. The Morgan fingerprint density at radius 2 is 1.83 bits per heavy atom. The number of alkyl halides is 1. The Kier molecular flexibility index (Phi) is 7.22. The Morgan fingerprint density at radius 1 is 1.14 bits per heavy atom. The summed E-state index contributed by atoms with van der Waals surface area (Å²) in [7, 11) is 0. The molecule has 2 aromatic rings. The van der Waals surface area contributed by atoms with Crippen LogP contribution in [0.25, 0.3) is 0 Å². The summed E-state index contributed by atoms with van der Waals surface area (Å²) in [5, 5.41) is 13.8. The van der Waals surface area contributed by atoms with E-state index in [1.54, 1.807) is 37.8 Å². The van der Waals surface area contributed by atoms with Gasteiger partial charge in [-0.1, -0.05) is 36.4 Å². The lowest BCUT2D eigenvalue weighted by atomic mass is 9.88. The first kappa shape index (κ1) is 25.9. The van der Waals surface area contributed by atoms with Crippen molar-refractivity contribution in [2.75, 3.05) is 26.2 Å². The van der Waals surface area contributed by atoms with E-state index in [2.05, 4.69) is 5.32 Å². The Morgan fingerprint density at radius 3 is 2.53 bits per heavy atom. The van der Waals surface area contributed by atoms with E-state index >= 15 is 0 Å². The summed E-state index contributed by atoms with van der Waals surface area (Å²) in [5.74, 6) is -0.373. The van der Waals surface area contributed by atoms with Crippen molar-refractivity contribution in [1.82, 2.24) is 15.1 Å². The number of carbonyl (C=O) groups excluding carboxylic acids is 2. The van der Waals surface area contributed by atoms with Gasteiger partial charge < -0.3 is 25.0 Å². The third-order valence-corrected chi connectivity index (χ3v) is 6.63. The maximum absolute atomic E-state index is 14.8. The molecule has 0 saturated carbocycles. The molecule has 2 aliphatic rings. The van der Waals surface area contributed by atoms with Gasteiger partial charge in [0.25, 0.3) is 0 Å². The van der Waals surface area contributed by atoms with Crippen LogP contribution in [0.3, 0.4) is 0 Å². The van der Waals surface area contributed by atoms with Crippen LogP contribution in [0.1, 0.15) is 49.9 Å². The summed E-state index contributed by atoms with van der Waals surface area (Å²) in [6.45, 7) is 5.02. The number of hydrogen-bond donors (Lipinski definition) is 2. The lowest BCUT2D eigenvalue weighted by molar-refractivity contribution is -0.0868. The summed E-state index contributed by atoms with van der Waals surface area (Å²) in [6.07, 6.45) is -1.69. The predicted molar refractivity (Wildman–Crippen MR) is 131 cm³/mol. The summed E-state index contributed by atoms with van der Waals surface area (Å²) < 4.78 is 33.8. The Balaban J connectivity index is 1.50. The number of carbonyl (C=O) groups is 2. The van der Waals surface area contributed by atoms with Crippen LogP contribution in [0.2, 0.25) is 0 Å². The zero-order valence-corrected chi connectivity index (χ0v) is 20.8. The first-order valence-corrected chi connectivity index (χ1v) is 12.2. The summed E-state index contributed by atoms with van der Waals surface area (Å²) >= 11 is 0. The number of fused-ring (bicyclic) bond motifs is 1. The molecule has 0 bridgehead atoms. The lowest BCUT2D eigenvalue weighted by Crippen LogP contribution is -2.62. The molecule has 1 fully saturated rings. The number of aliphatic hydroxyl groups is 1. The van der Waals surface area contributed by atoms with Crippen LogP contribution in [0, 0.1) is 5.82 Å².